The zero-order chi connectivity index (χ0) is 18.3. The number of halogens is 3. The Balaban J connectivity index is 1.73. The first-order valence-electron chi connectivity index (χ1n) is 8.97. The first-order valence-corrected chi connectivity index (χ1v) is 8.97. The van der Waals surface area contributed by atoms with Gasteiger partial charge in [0.25, 0.3) is 0 Å². The highest BCUT2D eigenvalue weighted by Crippen LogP contribution is 2.40. The lowest BCUT2D eigenvalue weighted by Crippen LogP contribution is -1.91. The number of benzene rings is 3. The van der Waals surface area contributed by atoms with Gasteiger partial charge in [-0.3, -0.25) is 0 Å². The van der Waals surface area contributed by atoms with E-state index in [1.807, 2.05) is 0 Å². The molecule has 0 heterocycles. The summed E-state index contributed by atoms with van der Waals surface area (Å²) in [6.45, 7) is 2.17. The molecule has 0 aliphatic heterocycles. The van der Waals surface area contributed by atoms with E-state index < -0.39 is 17.5 Å². The van der Waals surface area contributed by atoms with E-state index in [-0.39, 0.29) is 0 Å². The lowest BCUT2D eigenvalue weighted by atomic mass is 9.98. The summed E-state index contributed by atoms with van der Waals surface area (Å²) in [4.78, 5) is 0. The molecule has 0 saturated carbocycles. The maximum atomic E-state index is 14.7. The van der Waals surface area contributed by atoms with E-state index in [1.54, 1.807) is 6.07 Å². The highest BCUT2D eigenvalue weighted by Gasteiger charge is 2.22. The first kappa shape index (κ1) is 16.9. The lowest BCUT2D eigenvalue weighted by molar-refractivity contribution is 0.509. The van der Waals surface area contributed by atoms with Crippen molar-refractivity contribution in [3.8, 4) is 22.3 Å². The van der Waals surface area contributed by atoms with Crippen LogP contribution >= 0.6 is 0 Å². The molecule has 0 aromatic heterocycles. The molecule has 1 aliphatic rings. The molecule has 0 fully saturated rings. The molecule has 0 spiro atoms. The summed E-state index contributed by atoms with van der Waals surface area (Å²) in [7, 11) is 0. The smallest absolute Gasteiger partial charge is 0.159 e. The van der Waals surface area contributed by atoms with Gasteiger partial charge >= 0.3 is 0 Å². The quantitative estimate of drug-likeness (QED) is 0.384. The predicted octanol–water partition coefficient (Wildman–Crippen LogP) is 6.68. The van der Waals surface area contributed by atoms with Crippen LogP contribution in [0.25, 0.3) is 22.3 Å². The summed E-state index contributed by atoms with van der Waals surface area (Å²) in [5, 5.41) is 0. The van der Waals surface area contributed by atoms with E-state index in [0.717, 1.165) is 54.5 Å². The predicted molar refractivity (Wildman–Crippen MR) is 98.6 cm³/mol. The summed E-state index contributed by atoms with van der Waals surface area (Å²) < 4.78 is 41.4. The second kappa shape index (κ2) is 6.64. The van der Waals surface area contributed by atoms with Crippen molar-refractivity contribution in [3.63, 3.8) is 0 Å². The van der Waals surface area contributed by atoms with Crippen LogP contribution in [-0.4, -0.2) is 0 Å². The Bertz CT molecular complexity index is 989. The fourth-order valence-electron chi connectivity index (χ4n) is 3.70. The van der Waals surface area contributed by atoms with E-state index in [2.05, 4.69) is 25.1 Å². The van der Waals surface area contributed by atoms with E-state index in [1.165, 1.54) is 23.3 Å². The van der Waals surface area contributed by atoms with Gasteiger partial charge in [0.05, 0.1) is 0 Å². The Morgan fingerprint density at radius 1 is 0.731 bits per heavy atom. The van der Waals surface area contributed by atoms with E-state index in [9.17, 15) is 13.2 Å². The molecule has 4 rings (SSSR count). The number of hydrogen-bond acceptors (Lipinski definition) is 0. The van der Waals surface area contributed by atoms with Gasteiger partial charge in [0.15, 0.2) is 11.6 Å². The zero-order valence-corrected chi connectivity index (χ0v) is 14.6. The SMILES string of the molecule is CCCCc1ccc2c(c1)Cc1cc(-c3ccc(F)c(F)c3)c(F)cc1-2. The molecule has 3 aromatic carbocycles. The zero-order valence-electron chi connectivity index (χ0n) is 14.6. The van der Waals surface area contributed by atoms with E-state index in [0.29, 0.717) is 11.1 Å². The Labute approximate surface area is 151 Å². The monoisotopic (exact) mass is 352 g/mol. The normalized spacial score (nSPS) is 12.2. The van der Waals surface area contributed by atoms with Crippen molar-refractivity contribution in [2.75, 3.05) is 0 Å². The van der Waals surface area contributed by atoms with Gasteiger partial charge in [-0.15, -0.1) is 0 Å². The van der Waals surface area contributed by atoms with Gasteiger partial charge in [0.2, 0.25) is 0 Å². The van der Waals surface area contributed by atoms with Crippen molar-refractivity contribution < 1.29 is 13.2 Å². The van der Waals surface area contributed by atoms with Crippen molar-refractivity contribution in [1.29, 1.82) is 0 Å². The van der Waals surface area contributed by atoms with Crippen molar-refractivity contribution in [2.45, 2.75) is 32.6 Å². The highest BCUT2D eigenvalue weighted by atomic mass is 19.2. The highest BCUT2D eigenvalue weighted by molar-refractivity contribution is 5.80. The molecule has 0 radical (unpaired) electrons. The third kappa shape index (κ3) is 2.92. The summed E-state index contributed by atoms with van der Waals surface area (Å²) in [5.74, 6) is -2.31. The topological polar surface area (TPSA) is 0 Å². The minimum atomic E-state index is -0.966. The van der Waals surface area contributed by atoms with Crippen LogP contribution in [0, 0.1) is 17.5 Å². The average molecular weight is 352 g/mol. The molecule has 26 heavy (non-hydrogen) atoms. The Hall–Kier alpha value is -2.55. The molecule has 0 unspecified atom stereocenters. The van der Waals surface area contributed by atoms with Crippen molar-refractivity contribution in [2.24, 2.45) is 0 Å². The Morgan fingerprint density at radius 3 is 2.31 bits per heavy atom. The minimum absolute atomic E-state index is 0.307. The van der Waals surface area contributed by atoms with Crippen LogP contribution in [0.5, 0.6) is 0 Å². The molecule has 0 atom stereocenters. The van der Waals surface area contributed by atoms with Gasteiger partial charge in [0, 0.05) is 5.56 Å². The largest absolute Gasteiger partial charge is 0.206 e. The van der Waals surface area contributed by atoms with Crippen LogP contribution in [-0.2, 0) is 12.8 Å². The Morgan fingerprint density at radius 2 is 1.54 bits per heavy atom. The lowest BCUT2D eigenvalue weighted by Gasteiger charge is -2.08. The van der Waals surface area contributed by atoms with Crippen molar-refractivity contribution >= 4 is 0 Å². The van der Waals surface area contributed by atoms with Crippen LogP contribution in [0.3, 0.4) is 0 Å². The van der Waals surface area contributed by atoms with Gasteiger partial charge in [-0.25, -0.2) is 13.2 Å². The second-order valence-electron chi connectivity index (χ2n) is 6.89. The average Bonchev–Trinajstić information content (AvgIpc) is 2.98. The van der Waals surface area contributed by atoms with Gasteiger partial charge in [0.1, 0.15) is 5.82 Å². The first-order chi connectivity index (χ1) is 12.6. The summed E-state index contributed by atoms with van der Waals surface area (Å²) >= 11 is 0. The molecule has 3 aromatic rings. The van der Waals surface area contributed by atoms with Gasteiger partial charge in [-0.05, 0) is 76.9 Å². The van der Waals surface area contributed by atoms with Crippen molar-refractivity contribution in [1.82, 2.24) is 0 Å². The summed E-state index contributed by atoms with van der Waals surface area (Å²) in [6.07, 6.45) is 4.09. The minimum Gasteiger partial charge on any atom is -0.206 e. The molecule has 3 heteroatoms. The van der Waals surface area contributed by atoms with Crippen LogP contribution in [0.1, 0.15) is 36.5 Å². The maximum absolute atomic E-state index is 14.7. The molecular formula is C23H19F3. The fraction of sp³-hybridized carbons (Fsp3) is 0.217. The van der Waals surface area contributed by atoms with Gasteiger partial charge in [-0.2, -0.15) is 0 Å². The molecule has 0 nitrogen and oxygen atoms in total. The number of rotatable bonds is 4. The second-order valence-corrected chi connectivity index (χ2v) is 6.89. The number of hydrogen-bond donors (Lipinski definition) is 0. The van der Waals surface area contributed by atoms with Gasteiger partial charge < -0.3 is 0 Å². The van der Waals surface area contributed by atoms with Crippen LogP contribution in [0.2, 0.25) is 0 Å². The van der Waals surface area contributed by atoms with Crippen LogP contribution in [0.4, 0.5) is 13.2 Å². The molecular weight excluding hydrogens is 333 g/mol. The molecule has 1 aliphatic carbocycles. The van der Waals surface area contributed by atoms with Crippen LogP contribution < -0.4 is 0 Å². The van der Waals surface area contributed by atoms with Crippen molar-refractivity contribution in [3.05, 3.63) is 82.7 Å². The third-order valence-corrected chi connectivity index (χ3v) is 5.08. The molecule has 132 valence electrons. The maximum Gasteiger partial charge on any atom is 0.159 e. The standard InChI is InChI=1S/C23H19F3/c1-2-3-4-14-5-7-18-16(9-14)10-17-11-20(22(25)13-19(17)18)15-6-8-21(24)23(26)12-15/h5-9,11-13H,2-4,10H2,1H3. The number of fused-ring (bicyclic) bond motifs is 3. The van der Waals surface area contributed by atoms with Crippen LogP contribution in [0.15, 0.2) is 48.5 Å². The van der Waals surface area contributed by atoms with Gasteiger partial charge in [-0.1, -0.05) is 37.6 Å². The Kier molecular flexibility index (Phi) is 4.31. The number of unbranched alkanes of at least 4 members (excludes halogenated alkanes) is 1. The summed E-state index contributed by atoms with van der Waals surface area (Å²) in [6, 6.07) is 13.2. The summed E-state index contributed by atoms with van der Waals surface area (Å²) in [5.41, 5.74) is 6.15. The van der Waals surface area contributed by atoms with E-state index in [4.69, 9.17) is 0 Å². The third-order valence-electron chi connectivity index (χ3n) is 5.08. The number of aryl methyl sites for hydroxylation is 1. The molecule has 0 saturated heterocycles. The van der Waals surface area contributed by atoms with E-state index >= 15 is 0 Å². The molecule has 0 bridgehead atoms. The fourth-order valence-corrected chi connectivity index (χ4v) is 3.70. The molecule has 0 amide bonds. The molecule has 0 N–H and O–H groups in total.